The largest absolute Gasteiger partial charge is 0.325 e. The van der Waals surface area contributed by atoms with Gasteiger partial charge in [0, 0.05) is 5.69 Å². The number of carbonyl (C=O) groups is 1. The molecular formula is C28H24N4O. The molecule has 0 fully saturated rings. The molecule has 0 aliphatic rings. The molecule has 5 heteroatoms. The van der Waals surface area contributed by atoms with E-state index in [-0.39, 0.29) is 5.91 Å². The number of aryl methyl sites for hydroxylation is 1. The number of amides is 1. The third-order valence-electron chi connectivity index (χ3n) is 5.75. The van der Waals surface area contributed by atoms with Crippen LogP contribution in [0.15, 0.2) is 103 Å². The Morgan fingerprint density at radius 1 is 0.788 bits per heavy atom. The van der Waals surface area contributed by atoms with Crippen LogP contribution < -0.4 is 5.32 Å². The van der Waals surface area contributed by atoms with Gasteiger partial charge in [0.25, 0.3) is 0 Å². The minimum Gasteiger partial charge on any atom is -0.325 e. The summed E-state index contributed by atoms with van der Waals surface area (Å²) in [6.45, 7) is 2.13. The van der Waals surface area contributed by atoms with Crippen LogP contribution in [0.2, 0.25) is 0 Å². The zero-order valence-electron chi connectivity index (χ0n) is 18.3. The Bertz CT molecular complexity index is 1340. The van der Waals surface area contributed by atoms with Crippen LogP contribution in [-0.4, -0.2) is 20.9 Å². The lowest BCUT2D eigenvalue weighted by atomic mass is 9.90. The first-order chi connectivity index (χ1) is 16.2. The number of nitrogens with zero attached hydrogens (tertiary/aromatic N) is 3. The molecule has 0 unspecified atom stereocenters. The molecule has 162 valence electrons. The maximum atomic E-state index is 13.4. The number of hydrogen-bond acceptors (Lipinski definition) is 3. The van der Waals surface area contributed by atoms with Crippen LogP contribution in [0.4, 0.5) is 5.69 Å². The third kappa shape index (κ3) is 4.39. The first kappa shape index (κ1) is 20.6. The molecule has 1 heterocycles. The summed E-state index contributed by atoms with van der Waals surface area (Å²) in [6, 6.07) is 33.5. The molecule has 33 heavy (non-hydrogen) atoms. The lowest BCUT2D eigenvalue weighted by Crippen LogP contribution is -2.22. The molecule has 4 aromatic carbocycles. The van der Waals surface area contributed by atoms with Gasteiger partial charge >= 0.3 is 0 Å². The molecule has 5 rings (SSSR count). The molecular weight excluding hydrogens is 408 g/mol. The van der Waals surface area contributed by atoms with Crippen molar-refractivity contribution in [2.24, 2.45) is 0 Å². The van der Waals surface area contributed by atoms with Crippen molar-refractivity contribution in [1.82, 2.24) is 15.0 Å². The van der Waals surface area contributed by atoms with Gasteiger partial charge in [0.15, 0.2) is 0 Å². The summed E-state index contributed by atoms with van der Waals surface area (Å²) in [6.07, 6.45) is 0.991. The van der Waals surface area contributed by atoms with Crippen LogP contribution in [-0.2, 0) is 11.2 Å². The van der Waals surface area contributed by atoms with E-state index in [1.54, 1.807) is 4.80 Å². The van der Waals surface area contributed by atoms with Gasteiger partial charge in [-0.05, 0) is 53.4 Å². The molecule has 0 bridgehead atoms. The lowest BCUT2D eigenvalue weighted by molar-refractivity contribution is -0.116. The second-order valence-corrected chi connectivity index (χ2v) is 7.96. The summed E-state index contributed by atoms with van der Waals surface area (Å²) in [5.41, 5.74) is 6.26. The van der Waals surface area contributed by atoms with Crippen LogP contribution in [0.1, 0.15) is 29.5 Å². The van der Waals surface area contributed by atoms with E-state index in [2.05, 4.69) is 34.6 Å². The van der Waals surface area contributed by atoms with Gasteiger partial charge in [-0.1, -0.05) is 79.7 Å². The van der Waals surface area contributed by atoms with Crippen molar-refractivity contribution in [3.8, 4) is 5.69 Å². The fraction of sp³-hybridized carbons (Fsp3) is 0.107. The van der Waals surface area contributed by atoms with Gasteiger partial charge in [-0.3, -0.25) is 4.79 Å². The van der Waals surface area contributed by atoms with Crippen LogP contribution >= 0.6 is 0 Å². The van der Waals surface area contributed by atoms with E-state index in [4.69, 9.17) is 0 Å². The zero-order valence-corrected chi connectivity index (χ0v) is 18.3. The molecule has 0 saturated carbocycles. The smallest absolute Gasteiger partial charge is 0.236 e. The molecule has 0 spiro atoms. The highest BCUT2D eigenvalue weighted by Gasteiger charge is 2.22. The lowest BCUT2D eigenvalue weighted by Gasteiger charge is -2.18. The van der Waals surface area contributed by atoms with Crippen LogP contribution in [0, 0.1) is 0 Å². The van der Waals surface area contributed by atoms with Crippen LogP contribution in [0.3, 0.4) is 0 Å². The SMILES string of the molecule is CCc1ccc(-n2nc3ccc(NC(=O)C(c4ccccc4)c4ccccc4)cc3n2)cc1. The Kier molecular flexibility index (Phi) is 5.68. The van der Waals surface area contributed by atoms with Gasteiger partial charge in [0.2, 0.25) is 5.91 Å². The number of fused-ring (bicyclic) bond motifs is 1. The number of rotatable bonds is 6. The van der Waals surface area contributed by atoms with Gasteiger partial charge in [-0.2, -0.15) is 4.80 Å². The van der Waals surface area contributed by atoms with Crippen molar-refractivity contribution >= 4 is 22.6 Å². The second-order valence-electron chi connectivity index (χ2n) is 7.96. The van der Waals surface area contributed by atoms with E-state index >= 15 is 0 Å². The normalized spacial score (nSPS) is 11.1. The molecule has 0 aliphatic heterocycles. The maximum Gasteiger partial charge on any atom is 0.236 e. The Morgan fingerprint density at radius 2 is 1.39 bits per heavy atom. The van der Waals surface area contributed by atoms with Gasteiger partial charge < -0.3 is 5.32 Å². The van der Waals surface area contributed by atoms with Gasteiger partial charge in [0.05, 0.1) is 11.6 Å². The predicted octanol–water partition coefficient (Wildman–Crippen LogP) is 5.75. The van der Waals surface area contributed by atoms with E-state index in [1.165, 1.54) is 5.56 Å². The van der Waals surface area contributed by atoms with Gasteiger partial charge in [-0.15, -0.1) is 10.2 Å². The fourth-order valence-corrected chi connectivity index (χ4v) is 3.97. The molecule has 0 aliphatic carbocycles. The Balaban J connectivity index is 1.43. The molecule has 1 amide bonds. The summed E-state index contributed by atoms with van der Waals surface area (Å²) in [7, 11) is 0. The van der Waals surface area contributed by atoms with E-state index in [0.717, 1.165) is 34.3 Å². The summed E-state index contributed by atoms with van der Waals surface area (Å²) in [5.74, 6) is -0.495. The molecule has 5 nitrogen and oxygen atoms in total. The van der Waals surface area contributed by atoms with E-state index < -0.39 is 5.92 Å². The van der Waals surface area contributed by atoms with Gasteiger partial charge in [0.1, 0.15) is 11.0 Å². The summed E-state index contributed by atoms with van der Waals surface area (Å²) in [5, 5.41) is 12.3. The van der Waals surface area contributed by atoms with E-state index in [9.17, 15) is 4.79 Å². The predicted molar refractivity (Wildman–Crippen MR) is 132 cm³/mol. The highest BCUT2D eigenvalue weighted by molar-refractivity contribution is 5.99. The highest BCUT2D eigenvalue weighted by atomic mass is 16.1. The van der Waals surface area contributed by atoms with Crippen molar-refractivity contribution in [1.29, 1.82) is 0 Å². The van der Waals surface area contributed by atoms with Crippen LogP contribution in [0.25, 0.3) is 16.7 Å². The highest BCUT2D eigenvalue weighted by Crippen LogP contribution is 2.27. The van der Waals surface area contributed by atoms with Crippen molar-refractivity contribution in [2.45, 2.75) is 19.3 Å². The minimum atomic E-state index is -0.407. The van der Waals surface area contributed by atoms with Crippen LogP contribution in [0.5, 0.6) is 0 Å². The average molecular weight is 433 g/mol. The number of carbonyl (C=O) groups excluding carboxylic acids is 1. The maximum absolute atomic E-state index is 13.4. The minimum absolute atomic E-state index is 0.0886. The van der Waals surface area contributed by atoms with E-state index in [0.29, 0.717) is 5.69 Å². The second kappa shape index (κ2) is 9.09. The Labute approximate surface area is 192 Å². The standard InChI is InChI=1S/C28H24N4O/c1-2-20-13-16-24(17-14-20)32-30-25-18-15-23(19-26(25)31-32)29-28(33)27(21-9-5-3-6-10-21)22-11-7-4-8-12-22/h3-19,27H,2H2,1H3,(H,29,33). The van der Waals surface area contributed by atoms with Crippen molar-refractivity contribution in [3.05, 3.63) is 120 Å². The molecule has 0 radical (unpaired) electrons. The number of hydrogen-bond donors (Lipinski definition) is 1. The number of nitrogens with one attached hydrogen (secondary N) is 1. The molecule has 1 N–H and O–H groups in total. The molecule has 1 aromatic heterocycles. The first-order valence-corrected chi connectivity index (χ1v) is 11.1. The fourth-order valence-electron chi connectivity index (χ4n) is 3.97. The van der Waals surface area contributed by atoms with Crippen molar-refractivity contribution in [3.63, 3.8) is 0 Å². The third-order valence-corrected chi connectivity index (χ3v) is 5.75. The van der Waals surface area contributed by atoms with Crippen molar-refractivity contribution < 1.29 is 4.79 Å². The quantitative estimate of drug-likeness (QED) is 0.371. The molecule has 0 saturated heterocycles. The monoisotopic (exact) mass is 432 g/mol. The summed E-state index contributed by atoms with van der Waals surface area (Å²) < 4.78 is 0. The summed E-state index contributed by atoms with van der Waals surface area (Å²) >= 11 is 0. The number of aromatic nitrogens is 3. The summed E-state index contributed by atoms with van der Waals surface area (Å²) in [4.78, 5) is 15.0. The van der Waals surface area contributed by atoms with Crippen molar-refractivity contribution in [2.75, 3.05) is 5.32 Å². The molecule has 0 atom stereocenters. The number of anilines is 1. The first-order valence-electron chi connectivity index (χ1n) is 11.1. The number of benzene rings is 4. The van der Waals surface area contributed by atoms with Gasteiger partial charge in [-0.25, -0.2) is 0 Å². The topological polar surface area (TPSA) is 59.8 Å². The average Bonchev–Trinajstić information content (AvgIpc) is 3.29. The zero-order chi connectivity index (χ0) is 22.6. The van der Waals surface area contributed by atoms with E-state index in [1.807, 2.05) is 91.0 Å². The Hall–Kier alpha value is -4.25. The molecule has 5 aromatic rings. The Morgan fingerprint density at radius 3 is 2.00 bits per heavy atom.